The first-order valence-electron chi connectivity index (χ1n) is 6.50. The maximum absolute atomic E-state index is 13.4. The van der Waals surface area contributed by atoms with Gasteiger partial charge in [-0.15, -0.1) is 0 Å². The van der Waals surface area contributed by atoms with E-state index < -0.39 is 23.6 Å². The van der Waals surface area contributed by atoms with E-state index in [1.807, 2.05) is 18.7 Å². The van der Waals surface area contributed by atoms with Crippen LogP contribution in [0, 0.1) is 5.82 Å². The van der Waals surface area contributed by atoms with Crippen molar-refractivity contribution in [1.29, 1.82) is 0 Å². The van der Waals surface area contributed by atoms with Crippen LogP contribution < -0.4 is 5.73 Å². The molecule has 2 N–H and O–H groups in total. The zero-order valence-electron chi connectivity index (χ0n) is 11.8. The van der Waals surface area contributed by atoms with Gasteiger partial charge in [0.15, 0.2) is 0 Å². The van der Waals surface area contributed by atoms with E-state index in [0.29, 0.717) is 6.07 Å². The Kier molecular flexibility index (Phi) is 5.53. The lowest BCUT2D eigenvalue weighted by Gasteiger charge is -2.32. The van der Waals surface area contributed by atoms with Crippen molar-refractivity contribution in [2.45, 2.75) is 38.5 Å². The monoisotopic (exact) mass is 292 g/mol. The molecule has 0 saturated heterocycles. The maximum atomic E-state index is 13.4. The van der Waals surface area contributed by atoms with E-state index in [1.54, 1.807) is 7.05 Å². The van der Waals surface area contributed by atoms with Gasteiger partial charge in [0, 0.05) is 18.6 Å². The summed E-state index contributed by atoms with van der Waals surface area (Å²) in [7, 11) is 1.78. The Morgan fingerprint density at radius 2 is 1.85 bits per heavy atom. The number of likely N-dealkylation sites (N-methyl/N-ethyl adjacent to an activating group) is 1. The maximum Gasteiger partial charge on any atom is 0.416 e. The lowest BCUT2D eigenvalue weighted by atomic mass is 10.0. The highest BCUT2D eigenvalue weighted by Gasteiger charge is 2.32. The molecule has 2 unspecified atom stereocenters. The molecule has 6 heteroatoms. The molecule has 1 aromatic rings. The molecule has 1 aromatic carbocycles. The molecule has 2 atom stereocenters. The zero-order valence-corrected chi connectivity index (χ0v) is 11.8. The molecule has 0 bridgehead atoms. The van der Waals surface area contributed by atoms with Crippen LogP contribution in [-0.4, -0.2) is 24.5 Å². The molecule has 114 valence electrons. The Morgan fingerprint density at radius 3 is 2.30 bits per heavy atom. The highest BCUT2D eigenvalue weighted by molar-refractivity contribution is 5.29. The lowest BCUT2D eigenvalue weighted by Crippen LogP contribution is -2.36. The molecular formula is C14H20F4N2. The number of nitrogens with zero attached hydrogens (tertiary/aromatic N) is 1. The van der Waals surface area contributed by atoms with Gasteiger partial charge in [0.25, 0.3) is 0 Å². The van der Waals surface area contributed by atoms with Crippen LogP contribution in [0.4, 0.5) is 17.6 Å². The molecular weight excluding hydrogens is 272 g/mol. The predicted octanol–water partition coefficient (Wildman–Crippen LogP) is 3.57. The van der Waals surface area contributed by atoms with Crippen molar-refractivity contribution in [3.05, 3.63) is 35.1 Å². The third-order valence-electron chi connectivity index (χ3n) is 3.63. The first-order chi connectivity index (χ1) is 9.20. The highest BCUT2D eigenvalue weighted by Crippen LogP contribution is 2.33. The zero-order chi connectivity index (χ0) is 15.5. The Bertz CT molecular complexity index is 445. The quantitative estimate of drug-likeness (QED) is 0.841. The molecule has 0 aliphatic heterocycles. The molecule has 20 heavy (non-hydrogen) atoms. The molecule has 0 aromatic heterocycles. The largest absolute Gasteiger partial charge is 0.416 e. The van der Waals surface area contributed by atoms with Gasteiger partial charge in [-0.25, -0.2) is 4.39 Å². The SMILES string of the molecule is CCC(C)N(C)C(CN)c1cc(F)cc(C(F)(F)F)c1. The summed E-state index contributed by atoms with van der Waals surface area (Å²) < 4.78 is 51.6. The van der Waals surface area contributed by atoms with Gasteiger partial charge < -0.3 is 5.73 Å². The van der Waals surface area contributed by atoms with Crippen molar-refractivity contribution in [2.75, 3.05) is 13.6 Å². The van der Waals surface area contributed by atoms with E-state index in [9.17, 15) is 17.6 Å². The Morgan fingerprint density at radius 1 is 1.25 bits per heavy atom. The van der Waals surface area contributed by atoms with Gasteiger partial charge in [-0.1, -0.05) is 6.92 Å². The predicted molar refractivity (Wildman–Crippen MR) is 70.7 cm³/mol. The Balaban J connectivity index is 3.19. The van der Waals surface area contributed by atoms with Gasteiger partial charge >= 0.3 is 6.18 Å². The van der Waals surface area contributed by atoms with Gasteiger partial charge in [-0.05, 0) is 44.2 Å². The van der Waals surface area contributed by atoms with Crippen LogP contribution in [0.25, 0.3) is 0 Å². The van der Waals surface area contributed by atoms with E-state index in [-0.39, 0.29) is 18.2 Å². The topological polar surface area (TPSA) is 29.3 Å². The minimum Gasteiger partial charge on any atom is -0.329 e. The molecule has 0 saturated carbocycles. The van der Waals surface area contributed by atoms with Crippen molar-refractivity contribution < 1.29 is 17.6 Å². The van der Waals surface area contributed by atoms with E-state index in [1.165, 1.54) is 0 Å². The van der Waals surface area contributed by atoms with Crippen molar-refractivity contribution in [2.24, 2.45) is 5.73 Å². The Hall–Kier alpha value is -1.14. The summed E-state index contributed by atoms with van der Waals surface area (Å²) in [4.78, 5) is 1.87. The minimum atomic E-state index is -4.56. The van der Waals surface area contributed by atoms with Crippen LogP contribution in [0.1, 0.15) is 37.4 Å². The molecule has 0 fully saturated rings. The summed E-state index contributed by atoms with van der Waals surface area (Å²) in [5, 5.41) is 0. The number of benzene rings is 1. The number of nitrogens with two attached hydrogens (primary N) is 1. The van der Waals surface area contributed by atoms with E-state index >= 15 is 0 Å². The van der Waals surface area contributed by atoms with E-state index in [2.05, 4.69) is 0 Å². The average Bonchev–Trinajstić information content (AvgIpc) is 2.36. The van der Waals surface area contributed by atoms with Crippen molar-refractivity contribution in [3.8, 4) is 0 Å². The fourth-order valence-electron chi connectivity index (χ4n) is 2.10. The van der Waals surface area contributed by atoms with Gasteiger partial charge in [-0.2, -0.15) is 13.2 Å². The fraction of sp³-hybridized carbons (Fsp3) is 0.571. The number of rotatable bonds is 5. The molecule has 0 heterocycles. The number of halogens is 4. The third-order valence-corrected chi connectivity index (χ3v) is 3.63. The van der Waals surface area contributed by atoms with Crippen molar-refractivity contribution in [3.63, 3.8) is 0 Å². The van der Waals surface area contributed by atoms with Crippen LogP contribution in [0.5, 0.6) is 0 Å². The van der Waals surface area contributed by atoms with Crippen LogP contribution in [0.15, 0.2) is 18.2 Å². The summed E-state index contributed by atoms with van der Waals surface area (Å²) in [6.45, 7) is 4.05. The highest BCUT2D eigenvalue weighted by atomic mass is 19.4. The smallest absolute Gasteiger partial charge is 0.329 e. The normalized spacial score (nSPS) is 15.4. The summed E-state index contributed by atoms with van der Waals surface area (Å²) >= 11 is 0. The molecule has 0 aliphatic rings. The summed E-state index contributed by atoms with van der Waals surface area (Å²) in [5.74, 6) is -0.897. The van der Waals surface area contributed by atoms with Crippen LogP contribution in [-0.2, 0) is 6.18 Å². The van der Waals surface area contributed by atoms with E-state index in [4.69, 9.17) is 5.73 Å². The third kappa shape index (κ3) is 3.93. The average molecular weight is 292 g/mol. The second kappa shape index (κ2) is 6.54. The van der Waals surface area contributed by atoms with Crippen LogP contribution >= 0.6 is 0 Å². The van der Waals surface area contributed by atoms with Crippen LogP contribution in [0.2, 0.25) is 0 Å². The van der Waals surface area contributed by atoms with E-state index in [0.717, 1.165) is 18.6 Å². The summed E-state index contributed by atoms with van der Waals surface area (Å²) in [6.07, 6.45) is -3.74. The first kappa shape index (κ1) is 16.9. The minimum absolute atomic E-state index is 0.127. The second-order valence-electron chi connectivity index (χ2n) is 4.95. The standard InChI is InChI=1S/C14H20F4N2/c1-4-9(2)20(3)13(8-19)10-5-11(14(16,17)18)7-12(15)6-10/h5-7,9,13H,4,8,19H2,1-3H3. The van der Waals surface area contributed by atoms with Gasteiger partial charge in [0.2, 0.25) is 0 Å². The first-order valence-corrected chi connectivity index (χ1v) is 6.50. The molecule has 0 spiro atoms. The number of hydrogen-bond donors (Lipinski definition) is 1. The van der Waals surface area contributed by atoms with Crippen molar-refractivity contribution in [1.82, 2.24) is 4.90 Å². The summed E-state index contributed by atoms with van der Waals surface area (Å²) in [5.41, 5.74) is 4.93. The van der Waals surface area contributed by atoms with Crippen molar-refractivity contribution >= 4 is 0 Å². The van der Waals surface area contributed by atoms with Gasteiger partial charge in [0.1, 0.15) is 5.82 Å². The summed E-state index contributed by atoms with van der Waals surface area (Å²) in [6, 6.07) is 2.29. The lowest BCUT2D eigenvalue weighted by molar-refractivity contribution is -0.137. The molecule has 1 rings (SSSR count). The Labute approximate surface area is 116 Å². The van der Waals surface area contributed by atoms with Gasteiger partial charge in [-0.3, -0.25) is 4.90 Å². The molecule has 0 radical (unpaired) electrons. The molecule has 2 nitrogen and oxygen atoms in total. The molecule has 0 aliphatic carbocycles. The van der Waals surface area contributed by atoms with Gasteiger partial charge in [0.05, 0.1) is 5.56 Å². The van der Waals surface area contributed by atoms with Crippen LogP contribution in [0.3, 0.4) is 0 Å². The number of hydrogen-bond acceptors (Lipinski definition) is 2. The second-order valence-corrected chi connectivity index (χ2v) is 4.95. The number of alkyl halides is 3. The fourth-order valence-corrected chi connectivity index (χ4v) is 2.10. The molecule has 0 amide bonds.